The highest BCUT2D eigenvalue weighted by molar-refractivity contribution is 7.80. The highest BCUT2D eigenvalue weighted by atomic mass is 32.1. The van der Waals surface area contributed by atoms with Crippen molar-refractivity contribution in [1.82, 2.24) is 10.9 Å². The van der Waals surface area contributed by atoms with E-state index in [4.69, 9.17) is 17.0 Å². The maximum absolute atomic E-state index is 12.3. The van der Waals surface area contributed by atoms with Crippen molar-refractivity contribution in [2.75, 3.05) is 11.9 Å². The Bertz CT molecular complexity index is 871. The Morgan fingerprint density at radius 2 is 1.86 bits per heavy atom. The Kier molecular flexibility index (Phi) is 8.35. The number of ether oxygens (including phenoxy) is 1. The molecule has 2 rings (SSSR count). The Morgan fingerprint density at radius 3 is 2.48 bits per heavy atom. The second kappa shape index (κ2) is 11.0. The summed E-state index contributed by atoms with van der Waals surface area (Å²) >= 11 is 5.16. The average molecular weight is 417 g/mol. The Morgan fingerprint density at radius 1 is 1.14 bits per heavy atom. The van der Waals surface area contributed by atoms with E-state index in [1.54, 1.807) is 6.92 Å². The van der Waals surface area contributed by atoms with Crippen LogP contribution in [-0.2, 0) is 6.42 Å². The minimum atomic E-state index is -0.592. The van der Waals surface area contributed by atoms with Crippen LogP contribution < -0.4 is 20.9 Å². The molecule has 8 nitrogen and oxygen atoms in total. The van der Waals surface area contributed by atoms with Gasteiger partial charge in [-0.2, -0.15) is 0 Å². The molecule has 0 aliphatic rings. The lowest BCUT2D eigenvalue weighted by atomic mass is 10.1. The average Bonchev–Trinajstić information content (AvgIpc) is 2.72. The van der Waals surface area contributed by atoms with Crippen LogP contribution in [0.3, 0.4) is 0 Å². The number of unbranched alkanes of at least 4 members (excludes halogenated alkanes) is 1. The molecule has 0 aliphatic heterocycles. The topological polar surface area (TPSA) is 106 Å². The zero-order valence-corrected chi connectivity index (χ0v) is 17.2. The van der Waals surface area contributed by atoms with Crippen molar-refractivity contribution in [2.24, 2.45) is 0 Å². The second-order valence-electron chi connectivity index (χ2n) is 6.21. The van der Waals surface area contributed by atoms with Crippen molar-refractivity contribution in [2.45, 2.75) is 33.1 Å². The van der Waals surface area contributed by atoms with Crippen molar-refractivity contribution >= 4 is 34.6 Å². The summed E-state index contributed by atoms with van der Waals surface area (Å²) in [6, 6.07) is 11.9. The SMILES string of the molecule is CCCCc1ccc(NC(=S)NNC(=O)c2ccc(OCC)c([N+](=O)[O-])c2)cc1. The smallest absolute Gasteiger partial charge is 0.311 e. The van der Waals surface area contributed by atoms with Gasteiger partial charge in [0.05, 0.1) is 11.5 Å². The molecule has 1 amide bonds. The summed E-state index contributed by atoms with van der Waals surface area (Å²) in [6.07, 6.45) is 3.32. The fourth-order valence-electron chi connectivity index (χ4n) is 2.56. The molecule has 2 aromatic rings. The molecule has 0 atom stereocenters. The van der Waals surface area contributed by atoms with Gasteiger partial charge >= 0.3 is 5.69 Å². The maximum Gasteiger partial charge on any atom is 0.311 e. The van der Waals surface area contributed by atoms with Gasteiger partial charge in [0.1, 0.15) is 0 Å². The first-order valence-corrected chi connectivity index (χ1v) is 9.73. The van der Waals surface area contributed by atoms with Crippen LogP contribution in [0.2, 0.25) is 0 Å². The van der Waals surface area contributed by atoms with E-state index < -0.39 is 10.8 Å². The lowest BCUT2D eigenvalue weighted by molar-refractivity contribution is -0.385. The van der Waals surface area contributed by atoms with E-state index in [0.717, 1.165) is 31.0 Å². The number of hydrogen-bond acceptors (Lipinski definition) is 5. The van der Waals surface area contributed by atoms with Gasteiger partial charge < -0.3 is 10.1 Å². The van der Waals surface area contributed by atoms with Gasteiger partial charge in [0, 0.05) is 17.3 Å². The normalized spacial score (nSPS) is 10.1. The first kappa shape index (κ1) is 22.1. The van der Waals surface area contributed by atoms with Crippen molar-refractivity contribution in [1.29, 1.82) is 0 Å². The number of aryl methyl sites for hydroxylation is 1. The number of thiocarbonyl (C=S) groups is 1. The van der Waals surface area contributed by atoms with E-state index in [1.807, 2.05) is 24.3 Å². The van der Waals surface area contributed by atoms with Crippen molar-refractivity contribution < 1.29 is 14.5 Å². The predicted molar refractivity (Wildman–Crippen MR) is 116 cm³/mol. The number of carbonyl (C=O) groups excluding carboxylic acids is 1. The van der Waals surface area contributed by atoms with Crippen LogP contribution in [0.25, 0.3) is 0 Å². The third kappa shape index (κ3) is 6.72. The molecule has 29 heavy (non-hydrogen) atoms. The molecule has 0 saturated heterocycles. The van der Waals surface area contributed by atoms with E-state index in [2.05, 4.69) is 23.1 Å². The van der Waals surface area contributed by atoms with Crippen LogP contribution in [0.5, 0.6) is 5.75 Å². The van der Waals surface area contributed by atoms with E-state index >= 15 is 0 Å². The van der Waals surface area contributed by atoms with Crippen LogP contribution in [0.4, 0.5) is 11.4 Å². The monoisotopic (exact) mass is 416 g/mol. The second-order valence-corrected chi connectivity index (χ2v) is 6.61. The highest BCUT2D eigenvalue weighted by Gasteiger charge is 2.18. The zero-order valence-electron chi connectivity index (χ0n) is 16.4. The number of hydrogen-bond donors (Lipinski definition) is 3. The summed E-state index contributed by atoms with van der Waals surface area (Å²) in [7, 11) is 0. The fraction of sp³-hybridized carbons (Fsp3) is 0.300. The zero-order chi connectivity index (χ0) is 21.2. The standard InChI is InChI=1S/C20H24N4O4S/c1-3-5-6-14-7-10-16(11-8-14)21-20(29)23-22-19(25)15-9-12-18(28-4-2)17(13-15)24(26)27/h7-13H,3-6H2,1-2H3,(H,22,25)(H2,21,23,29). The summed E-state index contributed by atoms with van der Waals surface area (Å²) in [4.78, 5) is 22.8. The molecule has 3 N–H and O–H groups in total. The molecule has 2 aromatic carbocycles. The predicted octanol–water partition coefficient (Wildman–Crippen LogP) is 3.97. The third-order valence-electron chi connectivity index (χ3n) is 4.04. The number of amides is 1. The molecule has 0 heterocycles. The Hall–Kier alpha value is -3.20. The number of anilines is 1. The minimum absolute atomic E-state index is 0.107. The number of rotatable bonds is 8. The summed E-state index contributed by atoms with van der Waals surface area (Å²) in [5.74, 6) is -0.447. The van der Waals surface area contributed by atoms with Crippen molar-refractivity contribution in [3.05, 3.63) is 63.7 Å². The number of nitrogens with one attached hydrogen (secondary N) is 3. The maximum atomic E-state index is 12.3. The van der Waals surface area contributed by atoms with E-state index in [1.165, 1.54) is 17.7 Å². The third-order valence-corrected chi connectivity index (χ3v) is 4.24. The van der Waals surface area contributed by atoms with Crippen molar-refractivity contribution in [3.63, 3.8) is 0 Å². The van der Waals surface area contributed by atoms with Crippen LogP contribution in [-0.4, -0.2) is 22.5 Å². The first-order valence-electron chi connectivity index (χ1n) is 9.32. The van der Waals surface area contributed by atoms with Gasteiger partial charge in [0.25, 0.3) is 5.91 Å². The lowest BCUT2D eigenvalue weighted by Crippen LogP contribution is -2.43. The van der Waals surface area contributed by atoms with Crippen molar-refractivity contribution in [3.8, 4) is 5.75 Å². The molecular formula is C20H24N4O4S. The number of nitrogens with zero attached hydrogens (tertiary/aromatic N) is 1. The quantitative estimate of drug-likeness (QED) is 0.340. The fourth-order valence-corrected chi connectivity index (χ4v) is 2.73. The largest absolute Gasteiger partial charge is 0.487 e. The molecule has 0 aliphatic carbocycles. The number of carbonyl (C=O) groups is 1. The summed E-state index contributed by atoms with van der Waals surface area (Å²) in [6.45, 7) is 4.16. The number of benzene rings is 2. The van der Waals surface area contributed by atoms with Crippen LogP contribution in [0.15, 0.2) is 42.5 Å². The number of nitro groups is 1. The molecule has 0 aromatic heterocycles. The van der Waals surface area contributed by atoms with Gasteiger partial charge in [0.2, 0.25) is 0 Å². The van der Waals surface area contributed by atoms with Gasteiger partial charge in [-0.15, -0.1) is 0 Å². The summed E-state index contributed by atoms with van der Waals surface area (Å²) < 4.78 is 5.21. The molecule has 0 radical (unpaired) electrons. The molecule has 0 fully saturated rings. The Labute approximate surface area is 174 Å². The Balaban J connectivity index is 1.92. The molecule has 9 heteroatoms. The van der Waals surface area contributed by atoms with Crippen LogP contribution in [0.1, 0.15) is 42.6 Å². The van der Waals surface area contributed by atoms with E-state index in [9.17, 15) is 14.9 Å². The lowest BCUT2D eigenvalue weighted by Gasteiger charge is -2.12. The molecular weight excluding hydrogens is 392 g/mol. The molecule has 0 unspecified atom stereocenters. The highest BCUT2D eigenvalue weighted by Crippen LogP contribution is 2.27. The minimum Gasteiger partial charge on any atom is -0.487 e. The first-order chi connectivity index (χ1) is 13.9. The van der Waals surface area contributed by atoms with Gasteiger partial charge in [-0.05, 0) is 61.8 Å². The summed E-state index contributed by atoms with van der Waals surface area (Å²) in [5.41, 5.74) is 6.88. The molecule has 0 bridgehead atoms. The van der Waals surface area contributed by atoms with Gasteiger partial charge in [0.15, 0.2) is 10.9 Å². The number of hydrazine groups is 1. The molecule has 0 spiro atoms. The van der Waals surface area contributed by atoms with E-state index in [-0.39, 0.29) is 28.7 Å². The van der Waals surface area contributed by atoms with Gasteiger partial charge in [-0.25, -0.2) is 0 Å². The van der Waals surface area contributed by atoms with E-state index in [0.29, 0.717) is 0 Å². The molecule has 0 saturated carbocycles. The summed E-state index contributed by atoms with van der Waals surface area (Å²) in [5, 5.41) is 14.3. The number of nitro benzene ring substituents is 1. The van der Waals surface area contributed by atoms with Gasteiger partial charge in [-0.3, -0.25) is 25.8 Å². The molecule has 154 valence electrons. The van der Waals surface area contributed by atoms with Crippen LogP contribution >= 0.6 is 12.2 Å². The van der Waals surface area contributed by atoms with Crippen LogP contribution in [0, 0.1) is 10.1 Å². The van der Waals surface area contributed by atoms with Gasteiger partial charge in [-0.1, -0.05) is 25.5 Å².